The van der Waals surface area contributed by atoms with Crippen molar-refractivity contribution < 1.29 is 4.74 Å². The monoisotopic (exact) mass is 231 g/mol. The van der Waals surface area contributed by atoms with Crippen LogP contribution in [0.4, 0.5) is 0 Å². The number of aromatic nitrogens is 3. The molecular weight excluding hydrogens is 214 g/mol. The molecule has 0 aliphatic carbocycles. The Kier molecular flexibility index (Phi) is 2.81. The number of hydrogen-bond acceptors (Lipinski definition) is 3. The molecule has 17 heavy (non-hydrogen) atoms. The van der Waals surface area contributed by atoms with Gasteiger partial charge in [-0.1, -0.05) is 0 Å². The van der Waals surface area contributed by atoms with Crippen LogP contribution in [0.3, 0.4) is 0 Å². The van der Waals surface area contributed by atoms with Gasteiger partial charge in [0.25, 0.3) is 0 Å². The lowest BCUT2D eigenvalue weighted by Gasteiger charge is -2.23. The van der Waals surface area contributed by atoms with E-state index in [1.54, 1.807) is 0 Å². The number of rotatable bonds is 2. The van der Waals surface area contributed by atoms with E-state index in [2.05, 4.69) is 14.5 Å². The molecule has 1 aliphatic heterocycles. The summed E-state index contributed by atoms with van der Waals surface area (Å²) in [5.74, 6) is 1.02. The number of pyridine rings is 1. The molecule has 2 aromatic rings. The highest BCUT2D eigenvalue weighted by Crippen LogP contribution is 2.18. The van der Waals surface area contributed by atoms with Crippen molar-refractivity contribution in [3.05, 3.63) is 24.2 Å². The van der Waals surface area contributed by atoms with Crippen molar-refractivity contribution >= 4 is 11.2 Å². The molecule has 0 aromatic carbocycles. The van der Waals surface area contributed by atoms with E-state index in [1.165, 1.54) is 12.8 Å². The van der Waals surface area contributed by atoms with Crippen LogP contribution in [0.5, 0.6) is 0 Å². The summed E-state index contributed by atoms with van der Waals surface area (Å²) in [5.41, 5.74) is 1.94. The van der Waals surface area contributed by atoms with Crippen LogP contribution in [0, 0.1) is 6.92 Å². The van der Waals surface area contributed by atoms with Crippen LogP contribution in [0.2, 0.25) is 0 Å². The summed E-state index contributed by atoms with van der Waals surface area (Å²) in [7, 11) is 0. The Morgan fingerprint density at radius 3 is 3.24 bits per heavy atom. The highest BCUT2D eigenvalue weighted by Gasteiger charge is 2.17. The summed E-state index contributed by atoms with van der Waals surface area (Å²) >= 11 is 0. The van der Waals surface area contributed by atoms with Crippen molar-refractivity contribution in [1.82, 2.24) is 14.5 Å². The minimum absolute atomic E-state index is 0.321. The maximum absolute atomic E-state index is 5.78. The third kappa shape index (κ3) is 2.05. The second kappa shape index (κ2) is 4.45. The zero-order valence-electron chi connectivity index (χ0n) is 10.1. The molecule has 0 spiro atoms. The van der Waals surface area contributed by atoms with Gasteiger partial charge in [0.2, 0.25) is 0 Å². The Morgan fingerprint density at radius 2 is 2.41 bits per heavy atom. The third-order valence-corrected chi connectivity index (χ3v) is 3.35. The predicted molar refractivity (Wildman–Crippen MR) is 65.9 cm³/mol. The van der Waals surface area contributed by atoms with Gasteiger partial charge in [-0.3, -0.25) is 0 Å². The zero-order chi connectivity index (χ0) is 11.7. The van der Waals surface area contributed by atoms with Crippen LogP contribution >= 0.6 is 0 Å². The molecule has 0 bridgehead atoms. The molecule has 4 heteroatoms. The van der Waals surface area contributed by atoms with Crippen molar-refractivity contribution in [1.29, 1.82) is 0 Å². The highest BCUT2D eigenvalue weighted by molar-refractivity contribution is 5.71. The first-order valence-electron chi connectivity index (χ1n) is 6.24. The maximum atomic E-state index is 5.78. The van der Waals surface area contributed by atoms with E-state index in [-0.39, 0.29) is 0 Å². The summed E-state index contributed by atoms with van der Waals surface area (Å²) < 4.78 is 7.95. The Balaban J connectivity index is 1.90. The second-order valence-electron chi connectivity index (χ2n) is 4.60. The highest BCUT2D eigenvalue weighted by atomic mass is 16.5. The molecule has 90 valence electrons. The summed E-state index contributed by atoms with van der Waals surface area (Å²) in [5, 5.41) is 0. The molecule has 1 atom stereocenters. The first-order chi connectivity index (χ1) is 8.34. The molecule has 1 unspecified atom stereocenters. The van der Waals surface area contributed by atoms with Gasteiger partial charge in [0.05, 0.1) is 12.6 Å². The lowest BCUT2D eigenvalue weighted by atomic mass is 10.1. The van der Waals surface area contributed by atoms with Crippen molar-refractivity contribution in [3.8, 4) is 0 Å². The van der Waals surface area contributed by atoms with Gasteiger partial charge in [-0.15, -0.1) is 0 Å². The van der Waals surface area contributed by atoms with E-state index >= 15 is 0 Å². The molecule has 1 fully saturated rings. The summed E-state index contributed by atoms with van der Waals surface area (Å²) in [4.78, 5) is 8.94. The Morgan fingerprint density at radius 1 is 1.47 bits per heavy atom. The lowest BCUT2D eigenvalue weighted by molar-refractivity contribution is 0.00622. The van der Waals surface area contributed by atoms with Crippen molar-refractivity contribution in [2.24, 2.45) is 0 Å². The molecule has 2 aromatic heterocycles. The van der Waals surface area contributed by atoms with E-state index in [1.807, 2.05) is 25.3 Å². The zero-order valence-corrected chi connectivity index (χ0v) is 10.1. The fourth-order valence-electron chi connectivity index (χ4n) is 2.45. The molecule has 4 nitrogen and oxygen atoms in total. The van der Waals surface area contributed by atoms with Gasteiger partial charge in [-0.05, 0) is 38.3 Å². The molecule has 3 heterocycles. The first kappa shape index (κ1) is 10.7. The summed E-state index contributed by atoms with van der Waals surface area (Å²) in [6.45, 7) is 3.80. The first-order valence-corrected chi connectivity index (χ1v) is 6.24. The van der Waals surface area contributed by atoms with Gasteiger partial charge in [0, 0.05) is 12.8 Å². The SMILES string of the molecule is Cc1nc2cccnc2n1CC1CCCCO1. The fraction of sp³-hybridized carbons (Fsp3) is 0.538. The van der Waals surface area contributed by atoms with Crippen molar-refractivity contribution in [3.63, 3.8) is 0 Å². The van der Waals surface area contributed by atoms with E-state index in [0.717, 1.165) is 36.6 Å². The number of aryl methyl sites for hydroxylation is 1. The van der Waals surface area contributed by atoms with E-state index in [9.17, 15) is 0 Å². The van der Waals surface area contributed by atoms with Gasteiger partial charge in [0.15, 0.2) is 5.65 Å². The average Bonchev–Trinajstić information content (AvgIpc) is 2.68. The van der Waals surface area contributed by atoms with Crippen LogP contribution in [0.25, 0.3) is 11.2 Å². The van der Waals surface area contributed by atoms with Crippen molar-refractivity contribution in [2.75, 3.05) is 6.61 Å². The molecular formula is C13H17N3O. The second-order valence-corrected chi connectivity index (χ2v) is 4.60. The molecule has 1 aliphatic rings. The summed E-state index contributed by atoms with van der Waals surface area (Å²) in [6.07, 6.45) is 5.75. The average molecular weight is 231 g/mol. The van der Waals surface area contributed by atoms with Gasteiger partial charge in [0.1, 0.15) is 11.3 Å². The van der Waals surface area contributed by atoms with E-state index in [4.69, 9.17) is 4.74 Å². The van der Waals surface area contributed by atoms with Gasteiger partial charge in [-0.2, -0.15) is 0 Å². The molecule has 0 N–H and O–H groups in total. The molecule has 0 radical (unpaired) electrons. The molecule has 1 saturated heterocycles. The number of ether oxygens (including phenoxy) is 1. The number of nitrogens with zero attached hydrogens (tertiary/aromatic N) is 3. The number of fused-ring (bicyclic) bond motifs is 1. The summed E-state index contributed by atoms with van der Waals surface area (Å²) in [6, 6.07) is 3.93. The fourth-order valence-corrected chi connectivity index (χ4v) is 2.45. The van der Waals surface area contributed by atoms with E-state index < -0.39 is 0 Å². The Hall–Kier alpha value is -1.42. The largest absolute Gasteiger partial charge is 0.376 e. The predicted octanol–water partition coefficient (Wildman–Crippen LogP) is 2.31. The Bertz CT molecular complexity index is 514. The van der Waals surface area contributed by atoms with Gasteiger partial charge >= 0.3 is 0 Å². The third-order valence-electron chi connectivity index (χ3n) is 3.35. The lowest BCUT2D eigenvalue weighted by Crippen LogP contribution is -2.25. The number of hydrogen-bond donors (Lipinski definition) is 0. The topological polar surface area (TPSA) is 39.9 Å². The quantitative estimate of drug-likeness (QED) is 0.796. The minimum Gasteiger partial charge on any atom is -0.376 e. The van der Waals surface area contributed by atoms with Gasteiger partial charge < -0.3 is 9.30 Å². The minimum atomic E-state index is 0.321. The normalized spacial score (nSPS) is 20.9. The van der Waals surface area contributed by atoms with Crippen LogP contribution in [-0.4, -0.2) is 27.2 Å². The van der Waals surface area contributed by atoms with Crippen LogP contribution < -0.4 is 0 Å². The molecule has 3 rings (SSSR count). The van der Waals surface area contributed by atoms with E-state index in [0.29, 0.717) is 6.10 Å². The standard InChI is InChI=1S/C13H17N3O/c1-10-15-12-6-4-7-14-13(12)16(10)9-11-5-2-3-8-17-11/h4,6-7,11H,2-3,5,8-9H2,1H3. The smallest absolute Gasteiger partial charge is 0.160 e. The molecule has 0 amide bonds. The molecule has 0 saturated carbocycles. The van der Waals surface area contributed by atoms with Crippen LogP contribution in [0.15, 0.2) is 18.3 Å². The maximum Gasteiger partial charge on any atom is 0.160 e. The Labute approximate surface area is 101 Å². The van der Waals surface area contributed by atoms with Crippen molar-refractivity contribution in [2.45, 2.75) is 38.8 Å². The van der Waals surface area contributed by atoms with Crippen LogP contribution in [0.1, 0.15) is 25.1 Å². The van der Waals surface area contributed by atoms with Crippen LogP contribution in [-0.2, 0) is 11.3 Å². The number of imidazole rings is 1. The van der Waals surface area contributed by atoms with Gasteiger partial charge in [-0.25, -0.2) is 9.97 Å².